The minimum atomic E-state index is -3.97. The molecule has 0 heterocycles. The van der Waals surface area contributed by atoms with Crippen LogP contribution < -0.4 is 4.72 Å². The molecular weight excluding hydrogens is 514 g/mol. The van der Waals surface area contributed by atoms with E-state index in [1.54, 1.807) is 103 Å². The summed E-state index contributed by atoms with van der Waals surface area (Å²) in [6.07, 6.45) is 0. The zero-order chi connectivity index (χ0) is 27.5. The SMILES string of the molecule is O=C(N=Nc1cc(NS(=O)(=O)c2ccccc2)c2ccccc2c1O)C(O)(c1ccccc1)c1ccccc1. The summed E-state index contributed by atoms with van der Waals surface area (Å²) in [5, 5.41) is 31.0. The summed E-state index contributed by atoms with van der Waals surface area (Å²) in [6, 6.07) is 32.4. The van der Waals surface area contributed by atoms with Crippen LogP contribution in [0.1, 0.15) is 11.1 Å². The average Bonchev–Trinajstić information content (AvgIpc) is 2.98. The molecule has 5 aromatic rings. The van der Waals surface area contributed by atoms with Crippen LogP contribution in [0.15, 0.2) is 136 Å². The maximum absolute atomic E-state index is 13.4. The molecule has 9 heteroatoms. The summed E-state index contributed by atoms with van der Waals surface area (Å²) >= 11 is 0. The Hall–Kier alpha value is -4.86. The van der Waals surface area contributed by atoms with Gasteiger partial charge >= 0.3 is 5.91 Å². The van der Waals surface area contributed by atoms with Crippen molar-refractivity contribution in [1.82, 2.24) is 0 Å². The molecule has 1 amide bonds. The third-order valence-corrected chi connectivity index (χ3v) is 7.62. The van der Waals surface area contributed by atoms with E-state index in [-0.39, 0.29) is 22.0 Å². The highest BCUT2D eigenvalue weighted by Gasteiger charge is 2.40. The maximum Gasteiger partial charge on any atom is 0.305 e. The summed E-state index contributed by atoms with van der Waals surface area (Å²) in [6.45, 7) is 0. The molecule has 0 aliphatic carbocycles. The number of aromatic hydroxyl groups is 1. The van der Waals surface area contributed by atoms with Crippen molar-refractivity contribution >= 4 is 38.1 Å². The van der Waals surface area contributed by atoms with Crippen LogP contribution in [0.25, 0.3) is 10.8 Å². The molecule has 0 bridgehead atoms. The van der Waals surface area contributed by atoms with E-state index in [1.807, 2.05) is 0 Å². The first kappa shape index (κ1) is 25.8. The summed E-state index contributed by atoms with van der Waals surface area (Å²) < 4.78 is 28.6. The topological polar surface area (TPSA) is 128 Å². The monoisotopic (exact) mass is 537 g/mol. The fourth-order valence-corrected chi connectivity index (χ4v) is 5.34. The number of nitrogens with one attached hydrogen (secondary N) is 1. The first-order valence-corrected chi connectivity index (χ1v) is 13.4. The molecule has 194 valence electrons. The number of aliphatic hydroxyl groups is 1. The van der Waals surface area contributed by atoms with Gasteiger partial charge in [-0.3, -0.25) is 9.52 Å². The van der Waals surface area contributed by atoms with Crippen LogP contribution in [-0.2, 0) is 20.4 Å². The van der Waals surface area contributed by atoms with E-state index in [0.717, 1.165) is 0 Å². The number of azo groups is 1. The van der Waals surface area contributed by atoms with Gasteiger partial charge < -0.3 is 10.2 Å². The molecule has 39 heavy (non-hydrogen) atoms. The predicted molar refractivity (Wildman–Crippen MR) is 148 cm³/mol. The van der Waals surface area contributed by atoms with Gasteiger partial charge in [0.1, 0.15) is 5.69 Å². The van der Waals surface area contributed by atoms with E-state index < -0.39 is 21.5 Å². The van der Waals surface area contributed by atoms with E-state index in [2.05, 4.69) is 15.0 Å². The van der Waals surface area contributed by atoms with Crippen LogP contribution >= 0.6 is 0 Å². The minimum Gasteiger partial charge on any atom is -0.505 e. The Morgan fingerprint density at radius 3 is 1.77 bits per heavy atom. The number of phenolic OH excluding ortho intramolecular Hbond substituents is 1. The average molecular weight is 538 g/mol. The first-order valence-electron chi connectivity index (χ1n) is 11.9. The van der Waals surface area contributed by atoms with E-state index in [4.69, 9.17) is 0 Å². The molecule has 0 spiro atoms. The van der Waals surface area contributed by atoms with Gasteiger partial charge in [0, 0.05) is 10.8 Å². The molecule has 3 N–H and O–H groups in total. The van der Waals surface area contributed by atoms with Crippen molar-refractivity contribution in [1.29, 1.82) is 0 Å². The molecule has 0 saturated heterocycles. The number of carbonyl (C=O) groups excluding carboxylic acids is 1. The van der Waals surface area contributed by atoms with Crippen LogP contribution in [0.3, 0.4) is 0 Å². The van der Waals surface area contributed by atoms with Gasteiger partial charge in [0.15, 0.2) is 11.4 Å². The Morgan fingerprint density at radius 2 is 1.21 bits per heavy atom. The van der Waals surface area contributed by atoms with Crippen LogP contribution in [-0.4, -0.2) is 24.5 Å². The van der Waals surface area contributed by atoms with Gasteiger partial charge in [0.2, 0.25) is 0 Å². The fourth-order valence-electron chi connectivity index (χ4n) is 4.25. The zero-order valence-corrected chi connectivity index (χ0v) is 21.3. The van der Waals surface area contributed by atoms with E-state index in [0.29, 0.717) is 21.9 Å². The highest BCUT2D eigenvalue weighted by molar-refractivity contribution is 7.92. The minimum absolute atomic E-state index is 0.0521. The van der Waals surface area contributed by atoms with Gasteiger partial charge in [-0.15, -0.1) is 10.2 Å². The summed E-state index contributed by atoms with van der Waals surface area (Å²) in [5.41, 5.74) is -1.58. The molecule has 0 radical (unpaired) electrons. The van der Waals surface area contributed by atoms with Gasteiger partial charge in [-0.25, -0.2) is 8.42 Å². The van der Waals surface area contributed by atoms with Crippen molar-refractivity contribution in [3.8, 4) is 5.75 Å². The summed E-state index contributed by atoms with van der Waals surface area (Å²) in [7, 11) is -3.97. The van der Waals surface area contributed by atoms with Crippen LogP contribution in [0.2, 0.25) is 0 Å². The van der Waals surface area contributed by atoms with Crippen molar-refractivity contribution in [2.75, 3.05) is 4.72 Å². The Bertz CT molecular complexity index is 1740. The van der Waals surface area contributed by atoms with Crippen molar-refractivity contribution in [3.05, 3.63) is 132 Å². The number of hydrogen-bond donors (Lipinski definition) is 3. The molecule has 8 nitrogen and oxygen atoms in total. The van der Waals surface area contributed by atoms with E-state index in [1.165, 1.54) is 18.2 Å². The number of rotatable bonds is 7. The van der Waals surface area contributed by atoms with Gasteiger partial charge in [-0.1, -0.05) is 103 Å². The molecule has 0 aliphatic rings. The standard InChI is InChI=1S/C30H23N3O5S/c34-28-25-19-11-10-18-24(25)26(33-39(37,38)23-16-8-3-9-17-23)20-27(28)31-32-29(35)30(36,21-12-4-1-5-13-21)22-14-6-2-7-15-22/h1-20,33-34,36H. The van der Waals surface area contributed by atoms with E-state index in [9.17, 15) is 23.4 Å². The molecule has 0 atom stereocenters. The number of hydrogen-bond acceptors (Lipinski definition) is 6. The number of amides is 1. The second kappa shape index (κ2) is 10.5. The lowest BCUT2D eigenvalue weighted by molar-refractivity contribution is -0.133. The lowest BCUT2D eigenvalue weighted by atomic mass is 9.86. The van der Waals surface area contributed by atoms with Crippen LogP contribution in [0.4, 0.5) is 11.4 Å². The van der Waals surface area contributed by atoms with Crippen LogP contribution in [0, 0.1) is 0 Å². The Balaban J connectivity index is 1.58. The van der Waals surface area contributed by atoms with Gasteiger partial charge in [0.25, 0.3) is 10.0 Å². The number of benzene rings is 5. The molecule has 5 aromatic carbocycles. The highest BCUT2D eigenvalue weighted by atomic mass is 32.2. The van der Waals surface area contributed by atoms with E-state index >= 15 is 0 Å². The van der Waals surface area contributed by atoms with Crippen molar-refractivity contribution in [3.63, 3.8) is 0 Å². The quantitative estimate of drug-likeness (QED) is 0.176. The first-order chi connectivity index (χ1) is 18.8. The number of carbonyl (C=O) groups is 1. The molecule has 0 saturated carbocycles. The summed E-state index contributed by atoms with van der Waals surface area (Å²) in [5.74, 6) is -1.29. The Labute approximate surface area is 225 Å². The predicted octanol–water partition coefficient (Wildman–Crippen LogP) is 5.89. The maximum atomic E-state index is 13.4. The number of fused-ring (bicyclic) bond motifs is 1. The molecule has 0 aliphatic heterocycles. The largest absolute Gasteiger partial charge is 0.505 e. The van der Waals surface area contributed by atoms with Crippen LogP contribution in [0.5, 0.6) is 5.75 Å². The second-order valence-corrected chi connectivity index (χ2v) is 10.4. The lowest BCUT2D eigenvalue weighted by Crippen LogP contribution is -2.35. The number of anilines is 1. The molecule has 0 unspecified atom stereocenters. The number of sulfonamides is 1. The third-order valence-electron chi connectivity index (χ3n) is 6.24. The zero-order valence-electron chi connectivity index (χ0n) is 20.5. The molecule has 0 fully saturated rings. The normalized spacial score (nSPS) is 12.0. The van der Waals surface area contributed by atoms with Crippen molar-refractivity contribution in [2.24, 2.45) is 10.2 Å². The molecule has 0 aromatic heterocycles. The highest BCUT2D eigenvalue weighted by Crippen LogP contribution is 2.41. The van der Waals surface area contributed by atoms with Gasteiger partial charge in [-0.2, -0.15) is 0 Å². The van der Waals surface area contributed by atoms with Gasteiger partial charge in [0.05, 0.1) is 10.6 Å². The second-order valence-electron chi connectivity index (χ2n) is 8.70. The number of phenols is 1. The van der Waals surface area contributed by atoms with Crippen molar-refractivity contribution in [2.45, 2.75) is 10.5 Å². The smallest absolute Gasteiger partial charge is 0.305 e. The fraction of sp³-hybridized carbons (Fsp3) is 0.0333. The third kappa shape index (κ3) is 5.00. The number of nitrogens with zero attached hydrogens (tertiary/aromatic N) is 2. The summed E-state index contributed by atoms with van der Waals surface area (Å²) in [4.78, 5) is 13.5. The molecule has 5 rings (SSSR count). The Morgan fingerprint density at radius 1 is 0.718 bits per heavy atom. The molecular formula is C30H23N3O5S. The van der Waals surface area contributed by atoms with Gasteiger partial charge in [-0.05, 0) is 29.3 Å². The lowest BCUT2D eigenvalue weighted by Gasteiger charge is -2.25. The van der Waals surface area contributed by atoms with Crippen molar-refractivity contribution < 1.29 is 23.4 Å². The Kier molecular flexibility index (Phi) is 6.93.